The van der Waals surface area contributed by atoms with Gasteiger partial charge < -0.3 is 4.98 Å². The summed E-state index contributed by atoms with van der Waals surface area (Å²) < 4.78 is 28.6. The van der Waals surface area contributed by atoms with Gasteiger partial charge in [-0.05, 0) is 28.8 Å². The number of aromatic amines is 1. The van der Waals surface area contributed by atoms with Crippen molar-refractivity contribution in [2.75, 3.05) is 0 Å². The Morgan fingerprint density at radius 3 is 2.56 bits per heavy atom. The van der Waals surface area contributed by atoms with Crippen LogP contribution in [0.25, 0.3) is 11.0 Å². The number of H-pyrrole nitrogens is 1. The minimum absolute atomic E-state index is 0.0418. The number of hydrogen-bond acceptors (Lipinski definition) is 1. The normalized spacial score (nSPS) is 11.7. The van der Waals surface area contributed by atoms with Gasteiger partial charge in [-0.3, -0.25) is 4.57 Å². The van der Waals surface area contributed by atoms with Gasteiger partial charge >= 0.3 is 5.69 Å². The smallest absolute Gasteiger partial charge is 0.303 e. The Labute approximate surface area is 111 Å². The summed E-state index contributed by atoms with van der Waals surface area (Å²) >= 11 is 2.82. The van der Waals surface area contributed by atoms with Crippen LogP contribution in [0.1, 0.15) is 32.7 Å². The molecule has 0 aliphatic carbocycles. The van der Waals surface area contributed by atoms with Crippen molar-refractivity contribution in [1.29, 1.82) is 0 Å². The molecule has 0 spiro atoms. The summed E-state index contributed by atoms with van der Waals surface area (Å²) in [6.45, 7) is 3.87. The maximum atomic E-state index is 13.9. The predicted molar refractivity (Wildman–Crippen MR) is 69.8 cm³/mol. The van der Waals surface area contributed by atoms with Gasteiger partial charge in [-0.2, -0.15) is 0 Å². The fraction of sp³-hybridized carbons (Fsp3) is 0.417. The van der Waals surface area contributed by atoms with Crippen molar-refractivity contribution in [1.82, 2.24) is 9.55 Å². The van der Waals surface area contributed by atoms with Gasteiger partial charge in [-0.25, -0.2) is 13.6 Å². The second-order valence-corrected chi connectivity index (χ2v) is 4.94. The Hall–Kier alpha value is -1.17. The van der Waals surface area contributed by atoms with Crippen molar-refractivity contribution in [3.8, 4) is 0 Å². The first-order valence-electron chi connectivity index (χ1n) is 5.78. The quantitative estimate of drug-likeness (QED) is 0.860. The first-order valence-corrected chi connectivity index (χ1v) is 6.58. The van der Waals surface area contributed by atoms with Crippen LogP contribution in [0.5, 0.6) is 0 Å². The Bertz CT molecular complexity index is 644. The number of nitrogens with one attached hydrogen (secondary N) is 1. The minimum atomic E-state index is -0.771. The summed E-state index contributed by atoms with van der Waals surface area (Å²) in [7, 11) is 0. The highest BCUT2D eigenvalue weighted by molar-refractivity contribution is 9.10. The Morgan fingerprint density at radius 2 is 2.00 bits per heavy atom. The van der Waals surface area contributed by atoms with E-state index in [0.717, 1.165) is 12.8 Å². The largest absolute Gasteiger partial charge is 0.326 e. The molecule has 0 aliphatic heterocycles. The highest BCUT2D eigenvalue weighted by Crippen LogP contribution is 2.28. The summed E-state index contributed by atoms with van der Waals surface area (Å²) in [4.78, 5) is 14.3. The molecular formula is C12H13BrF2N2O. The third kappa shape index (κ3) is 1.88. The van der Waals surface area contributed by atoms with Crippen LogP contribution >= 0.6 is 15.9 Å². The zero-order valence-corrected chi connectivity index (χ0v) is 11.6. The molecule has 0 saturated carbocycles. The van der Waals surface area contributed by atoms with Crippen molar-refractivity contribution >= 4 is 27.0 Å². The minimum Gasteiger partial charge on any atom is -0.303 e. The van der Waals surface area contributed by atoms with Gasteiger partial charge in [0.05, 0.1) is 9.99 Å². The second-order valence-electron chi connectivity index (χ2n) is 4.15. The van der Waals surface area contributed by atoms with E-state index in [1.54, 1.807) is 0 Å². The molecule has 1 heterocycles. The molecule has 0 amide bonds. The molecule has 0 fully saturated rings. The lowest BCUT2D eigenvalue weighted by molar-refractivity contribution is 0.470. The molecule has 1 N–H and O–H groups in total. The molecule has 98 valence electrons. The number of aromatic nitrogens is 2. The summed E-state index contributed by atoms with van der Waals surface area (Å²) in [6.07, 6.45) is 1.45. The van der Waals surface area contributed by atoms with Crippen LogP contribution in [0, 0.1) is 11.6 Å². The van der Waals surface area contributed by atoms with Crippen LogP contribution < -0.4 is 5.69 Å². The average Bonchev–Trinajstić information content (AvgIpc) is 2.66. The highest BCUT2D eigenvalue weighted by Gasteiger charge is 2.20. The number of fused-ring (bicyclic) bond motifs is 1. The summed E-state index contributed by atoms with van der Waals surface area (Å²) in [5.41, 5.74) is -0.0952. The van der Waals surface area contributed by atoms with Gasteiger partial charge in [0.25, 0.3) is 0 Å². The van der Waals surface area contributed by atoms with Gasteiger partial charge in [0, 0.05) is 12.1 Å². The Balaban J connectivity index is 2.83. The first kappa shape index (κ1) is 13.3. The number of halogens is 3. The van der Waals surface area contributed by atoms with Crippen LogP contribution in [0.4, 0.5) is 8.78 Å². The third-order valence-corrected chi connectivity index (χ3v) is 3.89. The van der Waals surface area contributed by atoms with Gasteiger partial charge in [0.2, 0.25) is 0 Å². The van der Waals surface area contributed by atoms with Crippen LogP contribution in [0.3, 0.4) is 0 Å². The van der Waals surface area contributed by atoms with E-state index >= 15 is 0 Å². The van der Waals surface area contributed by atoms with Gasteiger partial charge in [0.15, 0.2) is 5.82 Å². The zero-order chi connectivity index (χ0) is 13.4. The molecule has 0 radical (unpaired) electrons. The SMILES string of the molecule is CCC(CC)n1c(=O)[nH]c2c(F)c(Br)c(F)cc21. The fourth-order valence-corrected chi connectivity index (χ4v) is 2.50. The van der Waals surface area contributed by atoms with Crippen molar-refractivity contribution in [3.63, 3.8) is 0 Å². The topological polar surface area (TPSA) is 37.8 Å². The number of hydrogen-bond donors (Lipinski definition) is 1. The summed E-state index contributed by atoms with van der Waals surface area (Å²) in [6, 6.07) is 1.12. The van der Waals surface area contributed by atoms with E-state index in [-0.39, 0.29) is 21.5 Å². The third-order valence-electron chi connectivity index (χ3n) is 3.16. The zero-order valence-electron chi connectivity index (χ0n) is 10.1. The fourth-order valence-electron chi connectivity index (χ4n) is 2.18. The number of rotatable bonds is 3. The Kier molecular flexibility index (Phi) is 3.56. The molecule has 0 aliphatic rings. The van der Waals surface area contributed by atoms with E-state index in [1.807, 2.05) is 13.8 Å². The van der Waals surface area contributed by atoms with E-state index in [2.05, 4.69) is 20.9 Å². The lowest BCUT2D eigenvalue weighted by Gasteiger charge is -2.14. The van der Waals surface area contributed by atoms with E-state index in [4.69, 9.17) is 0 Å². The van der Waals surface area contributed by atoms with Crippen molar-refractivity contribution < 1.29 is 8.78 Å². The maximum Gasteiger partial charge on any atom is 0.326 e. The molecular weight excluding hydrogens is 306 g/mol. The molecule has 1 aromatic heterocycles. The van der Waals surface area contributed by atoms with Crippen LogP contribution in [-0.2, 0) is 0 Å². The van der Waals surface area contributed by atoms with E-state index < -0.39 is 17.3 Å². The lowest BCUT2D eigenvalue weighted by Crippen LogP contribution is -2.21. The summed E-state index contributed by atoms with van der Waals surface area (Å²) in [5.74, 6) is -1.48. The monoisotopic (exact) mass is 318 g/mol. The molecule has 3 nitrogen and oxygen atoms in total. The number of imidazole rings is 1. The molecule has 0 bridgehead atoms. The van der Waals surface area contributed by atoms with E-state index in [9.17, 15) is 13.6 Å². The van der Waals surface area contributed by atoms with Crippen molar-refractivity contribution in [2.45, 2.75) is 32.7 Å². The predicted octanol–water partition coefficient (Wildman–Crippen LogP) is 3.73. The average molecular weight is 319 g/mol. The van der Waals surface area contributed by atoms with Gasteiger partial charge in [-0.1, -0.05) is 13.8 Å². The molecule has 6 heteroatoms. The molecule has 18 heavy (non-hydrogen) atoms. The van der Waals surface area contributed by atoms with E-state index in [0.29, 0.717) is 0 Å². The van der Waals surface area contributed by atoms with Crippen LogP contribution in [0.2, 0.25) is 0 Å². The van der Waals surface area contributed by atoms with Crippen LogP contribution in [-0.4, -0.2) is 9.55 Å². The first-order chi connectivity index (χ1) is 8.51. The molecule has 0 saturated heterocycles. The number of benzene rings is 1. The molecule has 1 aromatic carbocycles. The van der Waals surface area contributed by atoms with Gasteiger partial charge in [-0.15, -0.1) is 0 Å². The summed E-state index contributed by atoms with van der Waals surface area (Å²) in [5, 5.41) is 0. The van der Waals surface area contributed by atoms with Crippen molar-refractivity contribution in [3.05, 3.63) is 32.7 Å². The standard InChI is InChI=1S/C12H13BrF2N2O/c1-3-6(4-2)17-8-5-7(14)9(13)10(15)11(8)16-12(17)18/h5-6H,3-4H2,1-2H3,(H,16,18). The second kappa shape index (κ2) is 4.84. The number of nitrogens with zero attached hydrogens (tertiary/aromatic N) is 1. The molecule has 0 atom stereocenters. The van der Waals surface area contributed by atoms with Crippen LogP contribution in [0.15, 0.2) is 15.3 Å². The maximum absolute atomic E-state index is 13.9. The molecule has 0 unspecified atom stereocenters. The molecule has 2 rings (SSSR count). The van der Waals surface area contributed by atoms with Gasteiger partial charge in [0.1, 0.15) is 11.3 Å². The van der Waals surface area contributed by atoms with Crippen molar-refractivity contribution in [2.24, 2.45) is 0 Å². The molecule has 2 aromatic rings. The highest BCUT2D eigenvalue weighted by atomic mass is 79.9. The lowest BCUT2D eigenvalue weighted by atomic mass is 10.1. The Morgan fingerprint density at radius 1 is 1.39 bits per heavy atom. The van der Waals surface area contributed by atoms with E-state index in [1.165, 1.54) is 10.6 Å².